The molecule has 5 aliphatic rings. The number of anilines is 1. The first-order valence-corrected chi connectivity index (χ1v) is 15.5. The summed E-state index contributed by atoms with van der Waals surface area (Å²) in [6, 6.07) is 2.00. The van der Waals surface area contributed by atoms with Gasteiger partial charge in [-0.1, -0.05) is 32.4 Å². The van der Waals surface area contributed by atoms with Gasteiger partial charge in [-0.15, -0.1) is 0 Å². The first-order chi connectivity index (χ1) is 18.3. The first kappa shape index (κ1) is 26.3. The molecule has 0 bridgehead atoms. The van der Waals surface area contributed by atoms with Gasteiger partial charge in [0, 0.05) is 32.6 Å². The van der Waals surface area contributed by atoms with Crippen molar-refractivity contribution in [1.29, 1.82) is 0 Å². The summed E-state index contributed by atoms with van der Waals surface area (Å²) in [5.41, 5.74) is 3.40. The Morgan fingerprint density at radius 3 is 2.66 bits per heavy atom. The first-order valence-electron chi connectivity index (χ1n) is 15.5. The fourth-order valence-corrected chi connectivity index (χ4v) is 10.0. The molecule has 6 heteroatoms. The third-order valence-electron chi connectivity index (χ3n) is 12.2. The van der Waals surface area contributed by atoms with Crippen LogP contribution in [-0.4, -0.2) is 58.4 Å². The van der Waals surface area contributed by atoms with Gasteiger partial charge in [0.05, 0.1) is 24.2 Å². The molecule has 4 fully saturated rings. The van der Waals surface area contributed by atoms with Gasteiger partial charge in [0.25, 0.3) is 0 Å². The lowest BCUT2D eigenvalue weighted by Gasteiger charge is -2.58. The number of amides is 1. The molecule has 1 saturated heterocycles. The van der Waals surface area contributed by atoms with Crippen LogP contribution >= 0.6 is 0 Å². The van der Waals surface area contributed by atoms with Crippen LogP contribution in [0.25, 0.3) is 0 Å². The van der Waals surface area contributed by atoms with E-state index < -0.39 is 0 Å². The Hall–Kier alpha value is -1.95. The highest BCUT2D eigenvalue weighted by Gasteiger charge is 2.59. The summed E-state index contributed by atoms with van der Waals surface area (Å²) in [5, 5.41) is 18.2. The van der Waals surface area contributed by atoms with E-state index in [0.29, 0.717) is 29.1 Å². The van der Waals surface area contributed by atoms with Crippen molar-refractivity contribution in [1.82, 2.24) is 15.1 Å². The van der Waals surface area contributed by atoms with Crippen LogP contribution in [0.5, 0.6) is 0 Å². The minimum absolute atomic E-state index is 0.123. The molecule has 1 amide bonds. The van der Waals surface area contributed by atoms with Crippen molar-refractivity contribution in [2.75, 3.05) is 31.1 Å². The Labute approximate surface area is 229 Å². The molecule has 0 radical (unpaired) electrons. The molecule has 6 nitrogen and oxygen atoms in total. The maximum Gasteiger partial charge on any atom is 0.222 e. The minimum Gasteiger partial charge on any atom is -0.393 e. The van der Waals surface area contributed by atoms with Crippen molar-refractivity contribution in [2.45, 2.75) is 91.1 Å². The normalized spacial score (nSPS) is 39.6. The molecule has 8 atom stereocenters. The van der Waals surface area contributed by atoms with Crippen LogP contribution in [0.2, 0.25) is 0 Å². The largest absolute Gasteiger partial charge is 0.393 e. The molecule has 1 aromatic rings. The van der Waals surface area contributed by atoms with Gasteiger partial charge in [0.15, 0.2) is 0 Å². The van der Waals surface area contributed by atoms with Gasteiger partial charge >= 0.3 is 0 Å². The quantitative estimate of drug-likeness (QED) is 0.521. The number of fused-ring (bicyclic) bond motifs is 5. The maximum atomic E-state index is 13.2. The summed E-state index contributed by atoms with van der Waals surface area (Å²) in [6.45, 7) is 10.9. The molecule has 0 aromatic carbocycles. The minimum atomic E-state index is -0.123. The molecular formula is C32H48N4O2. The summed E-state index contributed by atoms with van der Waals surface area (Å²) in [7, 11) is 0. The highest BCUT2D eigenvalue weighted by Crippen LogP contribution is 2.67. The van der Waals surface area contributed by atoms with Crippen molar-refractivity contribution in [2.24, 2.45) is 40.4 Å². The number of aliphatic hydroxyl groups excluding tert-OH is 1. The zero-order valence-electron chi connectivity index (χ0n) is 23.8. The van der Waals surface area contributed by atoms with Crippen molar-refractivity contribution >= 4 is 11.6 Å². The van der Waals surface area contributed by atoms with Gasteiger partial charge in [0.1, 0.15) is 0 Å². The SMILES string of the molecule is C[C@H](CCC(=O)N1CCN(c2ccnnc2)CC1)[C@H]1CC[C@H]2[C@@H]3CC=C4C[C@@H](O)CC[C@]4(C)[C@H]3CC[C@]12C. The Morgan fingerprint density at radius 1 is 1.08 bits per heavy atom. The van der Waals surface area contributed by atoms with E-state index in [0.717, 1.165) is 74.8 Å². The van der Waals surface area contributed by atoms with E-state index in [9.17, 15) is 9.90 Å². The number of nitrogens with zero attached hydrogens (tertiary/aromatic N) is 4. The second-order valence-corrected chi connectivity index (χ2v) is 13.9. The number of carbonyl (C=O) groups is 1. The van der Waals surface area contributed by atoms with Gasteiger partial charge < -0.3 is 14.9 Å². The predicted molar refractivity (Wildman–Crippen MR) is 150 cm³/mol. The van der Waals surface area contributed by atoms with E-state index in [1.54, 1.807) is 11.8 Å². The molecule has 6 rings (SSSR count). The van der Waals surface area contributed by atoms with E-state index in [2.05, 4.69) is 46.8 Å². The molecule has 1 aromatic heterocycles. The topological polar surface area (TPSA) is 69.6 Å². The number of hydrogen-bond acceptors (Lipinski definition) is 5. The van der Waals surface area contributed by atoms with Gasteiger partial charge in [0.2, 0.25) is 5.91 Å². The Bertz CT molecular complexity index is 1040. The lowest BCUT2D eigenvalue weighted by atomic mass is 9.47. The highest BCUT2D eigenvalue weighted by atomic mass is 16.3. The summed E-state index contributed by atoms with van der Waals surface area (Å²) in [5.74, 6) is 4.11. The second kappa shape index (κ2) is 10.2. The lowest BCUT2D eigenvalue weighted by Crippen LogP contribution is -2.51. The third-order valence-corrected chi connectivity index (χ3v) is 12.2. The number of aliphatic hydroxyl groups is 1. The van der Waals surface area contributed by atoms with E-state index >= 15 is 0 Å². The van der Waals surface area contributed by atoms with Crippen LogP contribution in [0.4, 0.5) is 5.69 Å². The van der Waals surface area contributed by atoms with Crippen LogP contribution in [-0.2, 0) is 4.79 Å². The van der Waals surface area contributed by atoms with Crippen LogP contribution in [0, 0.1) is 40.4 Å². The standard InChI is InChI=1S/C32H48N4O2/c1-22(4-9-30(38)36-18-16-35(17-19-36)24-12-15-33-34-21-24)27-7-8-28-26-6-5-23-20-25(37)10-13-31(23,2)29(26)11-14-32(27,28)3/h5,12,15,21-22,25-29,37H,4,6-11,13-14,16-20H2,1-3H3/t22-,25+,26+,27-,28+,29+,31+,32-/m1/s1. The number of hydrogen-bond donors (Lipinski definition) is 1. The summed E-state index contributed by atoms with van der Waals surface area (Å²) < 4.78 is 0. The van der Waals surface area contributed by atoms with E-state index in [4.69, 9.17) is 0 Å². The average molecular weight is 521 g/mol. The van der Waals surface area contributed by atoms with E-state index in [1.165, 1.54) is 38.5 Å². The van der Waals surface area contributed by atoms with Gasteiger partial charge in [-0.25, -0.2) is 0 Å². The summed E-state index contributed by atoms with van der Waals surface area (Å²) in [6.07, 6.45) is 17.4. The number of allylic oxidation sites excluding steroid dienone is 1. The third kappa shape index (κ3) is 4.49. The van der Waals surface area contributed by atoms with E-state index in [1.807, 2.05) is 12.3 Å². The van der Waals surface area contributed by atoms with Crippen LogP contribution in [0.15, 0.2) is 30.1 Å². The fourth-order valence-electron chi connectivity index (χ4n) is 10.0. The monoisotopic (exact) mass is 520 g/mol. The molecule has 1 aliphatic heterocycles. The van der Waals surface area contributed by atoms with E-state index in [-0.39, 0.29) is 6.10 Å². The molecule has 2 heterocycles. The van der Waals surface area contributed by atoms with Crippen molar-refractivity contribution < 1.29 is 9.90 Å². The number of rotatable bonds is 5. The predicted octanol–water partition coefficient (Wildman–Crippen LogP) is 5.48. The molecule has 4 aliphatic carbocycles. The summed E-state index contributed by atoms with van der Waals surface area (Å²) in [4.78, 5) is 17.5. The van der Waals surface area contributed by atoms with Gasteiger partial charge in [-0.2, -0.15) is 10.2 Å². The molecule has 208 valence electrons. The van der Waals surface area contributed by atoms with Gasteiger partial charge in [-0.3, -0.25) is 4.79 Å². The van der Waals surface area contributed by atoms with Crippen LogP contribution in [0.1, 0.15) is 85.0 Å². The highest BCUT2D eigenvalue weighted by molar-refractivity contribution is 5.76. The molecule has 0 spiro atoms. The summed E-state index contributed by atoms with van der Waals surface area (Å²) >= 11 is 0. The van der Waals surface area contributed by atoms with Crippen LogP contribution < -0.4 is 4.90 Å². The molecular weight excluding hydrogens is 472 g/mol. The Balaban J connectivity index is 1.04. The lowest BCUT2D eigenvalue weighted by molar-refractivity contribution is -0.132. The molecule has 1 N–H and O–H groups in total. The van der Waals surface area contributed by atoms with Gasteiger partial charge in [-0.05, 0) is 104 Å². The zero-order chi connectivity index (χ0) is 26.5. The van der Waals surface area contributed by atoms with Crippen LogP contribution in [0.3, 0.4) is 0 Å². The average Bonchev–Trinajstić information content (AvgIpc) is 3.30. The number of carbonyl (C=O) groups excluding carboxylic acids is 1. The molecule has 38 heavy (non-hydrogen) atoms. The maximum absolute atomic E-state index is 13.2. The Kier molecular flexibility index (Phi) is 7.07. The zero-order valence-corrected chi connectivity index (χ0v) is 23.8. The fraction of sp³-hybridized carbons (Fsp3) is 0.781. The second-order valence-electron chi connectivity index (χ2n) is 13.9. The number of aromatic nitrogens is 2. The number of piperazine rings is 1. The van der Waals surface area contributed by atoms with Crippen molar-refractivity contribution in [3.63, 3.8) is 0 Å². The van der Waals surface area contributed by atoms with Crippen molar-refractivity contribution in [3.05, 3.63) is 30.1 Å². The smallest absolute Gasteiger partial charge is 0.222 e. The molecule has 0 unspecified atom stereocenters. The molecule has 3 saturated carbocycles. The Morgan fingerprint density at radius 2 is 1.89 bits per heavy atom. The van der Waals surface area contributed by atoms with Crippen molar-refractivity contribution in [3.8, 4) is 0 Å².